The van der Waals surface area contributed by atoms with Gasteiger partial charge in [0.25, 0.3) is 0 Å². The first-order chi connectivity index (χ1) is 9.66. The maximum Gasteiger partial charge on any atom is 0.310 e. The normalized spacial score (nSPS) is 25.2. The molecule has 2 rings (SSSR count). The lowest BCUT2D eigenvalue weighted by atomic mass is 10.1. The van der Waals surface area contributed by atoms with Crippen molar-refractivity contribution in [3.63, 3.8) is 0 Å². The van der Waals surface area contributed by atoms with Gasteiger partial charge in [-0.25, -0.2) is 0 Å². The van der Waals surface area contributed by atoms with E-state index in [4.69, 9.17) is 4.74 Å². The maximum atomic E-state index is 12.0. The minimum atomic E-state index is 0.0141. The molecular weight excluding hydrogens is 254 g/mol. The van der Waals surface area contributed by atoms with Crippen LogP contribution in [-0.2, 0) is 9.53 Å². The number of ether oxygens (including phenoxy) is 1. The van der Waals surface area contributed by atoms with Crippen LogP contribution in [0.2, 0.25) is 0 Å². The average Bonchev–Trinajstić information content (AvgIpc) is 2.94. The first-order valence-corrected chi connectivity index (χ1v) is 7.93. The number of esters is 1. The maximum absolute atomic E-state index is 12.0. The Morgan fingerprint density at radius 1 is 1.30 bits per heavy atom. The summed E-state index contributed by atoms with van der Waals surface area (Å²) in [6, 6.07) is 0.669. The molecule has 1 N–H and O–H groups in total. The van der Waals surface area contributed by atoms with Crippen molar-refractivity contribution in [1.29, 1.82) is 0 Å². The molecule has 5 heteroatoms. The van der Waals surface area contributed by atoms with Crippen molar-refractivity contribution < 1.29 is 9.53 Å². The van der Waals surface area contributed by atoms with Crippen LogP contribution in [0.5, 0.6) is 0 Å². The summed E-state index contributed by atoms with van der Waals surface area (Å²) in [5.41, 5.74) is 0. The van der Waals surface area contributed by atoms with Gasteiger partial charge < -0.3 is 15.0 Å². The molecule has 0 aromatic carbocycles. The highest BCUT2D eigenvalue weighted by Gasteiger charge is 2.33. The number of hydrogen-bond donors (Lipinski definition) is 1. The van der Waals surface area contributed by atoms with Crippen LogP contribution in [0, 0.1) is 5.92 Å². The highest BCUT2D eigenvalue weighted by atomic mass is 16.5. The number of carbonyl (C=O) groups is 1. The summed E-state index contributed by atoms with van der Waals surface area (Å²) in [7, 11) is 4.07. The lowest BCUT2D eigenvalue weighted by Gasteiger charge is -2.31. The first-order valence-electron chi connectivity index (χ1n) is 7.93. The highest BCUT2D eigenvalue weighted by Crippen LogP contribution is 2.23. The molecule has 0 saturated carbocycles. The van der Waals surface area contributed by atoms with Gasteiger partial charge in [0, 0.05) is 19.1 Å². The molecule has 0 bridgehead atoms. The van der Waals surface area contributed by atoms with E-state index in [1.165, 1.54) is 12.8 Å². The Morgan fingerprint density at radius 3 is 2.75 bits per heavy atom. The van der Waals surface area contributed by atoms with Crippen molar-refractivity contribution >= 4 is 5.97 Å². The smallest absolute Gasteiger partial charge is 0.310 e. The standard InChI is InChI=1S/C15H29N3O2/c1-17(2)9-3-11-20-15(19)13-6-10-18(12-13)14-4-7-16-8-5-14/h13-14,16H,3-12H2,1-2H3. The summed E-state index contributed by atoms with van der Waals surface area (Å²) in [6.45, 7) is 5.71. The molecule has 5 nitrogen and oxygen atoms in total. The quantitative estimate of drug-likeness (QED) is 0.570. The van der Waals surface area contributed by atoms with Gasteiger partial charge in [0.1, 0.15) is 0 Å². The van der Waals surface area contributed by atoms with E-state index in [9.17, 15) is 4.79 Å². The Morgan fingerprint density at radius 2 is 2.05 bits per heavy atom. The summed E-state index contributed by atoms with van der Waals surface area (Å²) in [6.07, 6.45) is 4.31. The Kier molecular flexibility index (Phi) is 6.26. The summed E-state index contributed by atoms with van der Waals surface area (Å²) >= 11 is 0. The molecule has 116 valence electrons. The van der Waals surface area contributed by atoms with E-state index in [1.807, 2.05) is 14.1 Å². The SMILES string of the molecule is CN(C)CCCOC(=O)C1CCN(C2CCNCC2)C1. The third-order valence-electron chi connectivity index (χ3n) is 4.37. The number of piperidine rings is 1. The molecule has 0 amide bonds. The van der Waals surface area contributed by atoms with Crippen molar-refractivity contribution in [2.75, 3.05) is 53.4 Å². The van der Waals surface area contributed by atoms with E-state index < -0.39 is 0 Å². The van der Waals surface area contributed by atoms with Gasteiger partial charge in [0.2, 0.25) is 0 Å². The van der Waals surface area contributed by atoms with E-state index >= 15 is 0 Å². The third-order valence-corrected chi connectivity index (χ3v) is 4.37. The number of nitrogens with one attached hydrogen (secondary N) is 1. The van der Waals surface area contributed by atoms with Crippen molar-refractivity contribution in [3.05, 3.63) is 0 Å². The summed E-state index contributed by atoms with van der Waals surface area (Å²) in [4.78, 5) is 16.6. The van der Waals surface area contributed by atoms with E-state index in [1.54, 1.807) is 0 Å². The Hall–Kier alpha value is -0.650. The molecule has 0 aromatic heterocycles. The lowest BCUT2D eigenvalue weighted by Crippen LogP contribution is -2.42. The Bertz CT molecular complexity index is 303. The second kappa shape index (κ2) is 7.96. The molecule has 2 aliphatic rings. The summed E-state index contributed by atoms with van der Waals surface area (Å²) in [5, 5.41) is 3.39. The van der Waals surface area contributed by atoms with E-state index in [2.05, 4.69) is 15.1 Å². The minimum Gasteiger partial charge on any atom is -0.465 e. The number of hydrogen-bond acceptors (Lipinski definition) is 5. The van der Waals surface area contributed by atoms with Crippen molar-refractivity contribution in [2.24, 2.45) is 5.92 Å². The average molecular weight is 283 g/mol. The topological polar surface area (TPSA) is 44.8 Å². The van der Waals surface area contributed by atoms with Crippen LogP contribution >= 0.6 is 0 Å². The number of likely N-dealkylation sites (tertiary alicyclic amines) is 1. The number of carbonyl (C=O) groups excluding carboxylic acids is 1. The Balaban J connectivity index is 1.65. The number of nitrogens with zero attached hydrogens (tertiary/aromatic N) is 2. The molecule has 2 heterocycles. The van der Waals surface area contributed by atoms with Gasteiger partial charge in [0.15, 0.2) is 0 Å². The van der Waals surface area contributed by atoms with Gasteiger partial charge in [-0.3, -0.25) is 9.69 Å². The van der Waals surface area contributed by atoms with Gasteiger partial charge in [0.05, 0.1) is 12.5 Å². The zero-order valence-corrected chi connectivity index (χ0v) is 12.9. The fourth-order valence-electron chi connectivity index (χ4n) is 3.15. The minimum absolute atomic E-state index is 0.0141. The summed E-state index contributed by atoms with van der Waals surface area (Å²) < 4.78 is 5.41. The zero-order valence-electron chi connectivity index (χ0n) is 12.9. The van der Waals surface area contributed by atoms with Crippen LogP contribution in [0.15, 0.2) is 0 Å². The van der Waals surface area contributed by atoms with E-state index in [0.29, 0.717) is 12.6 Å². The zero-order chi connectivity index (χ0) is 14.4. The Labute approximate surface area is 122 Å². The second-order valence-corrected chi connectivity index (χ2v) is 6.29. The molecular formula is C15H29N3O2. The summed E-state index contributed by atoms with van der Waals surface area (Å²) in [5.74, 6) is 0.115. The van der Waals surface area contributed by atoms with Crippen LogP contribution < -0.4 is 5.32 Å². The molecule has 2 saturated heterocycles. The van der Waals surface area contributed by atoms with Crippen LogP contribution in [-0.4, -0.2) is 75.2 Å². The van der Waals surface area contributed by atoms with Gasteiger partial charge in [-0.05, 0) is 59.4 Å². The molecule has 0 spiro atoms. The van der Waals surface area contributed by atoms with Gasteiger partial charge >= 0.3 is 5.97 Å². The van der Waals surface area contributed by atoms with Gasteiger partial charge in [-0.2, -0.15) is 0 Å². The monoisotopic (exact) mass is 283 g/mol. The van der Waals surface area contributed by atoms with Crippen LogP contribution in [0.1, 0.15) is 25.7 Å². The van der Waals surface area contributed by atoms with Gasteiger partial charge in [-0.15, -0.1) is 0 Å². The lowest BCUT2D eigenvalue weighted by molar-refractivity contribution is -0.148. The van der Waals surface area contributed by atoms with Crippen molar-refractivity contribution in [2.45, 2.75) is 31.7 Å². The third kappa shape index (κ3) is 4.72. The fourth-order valence-corrected chi connectivity index (χ4v) is 3.15. The predicted octanol–water partition coefficient (Wildman–Crippen LogP) is 0.555. The molecule has 20 heavy (non-hydrogen) atoms. The first kappa shape index (κ1) is 15.7. The highest BCUT2D eigenvalue weighted by molar-refractivity contribution is 5.73. The fraction of sp³-hybridized carbons (Fsp3) is 0.933. The molecule has 0 aromatic rings. The molecule has 2 fully saturated rings. The van der Waals surface area contributed by atoms with E-state index in [0.717, 1.165) is 45.6 Å². The van der Waals surface area contributed by atoms with Crippen LogP contribution in [0.3, 0.4) is 0 Å². The number of rotatable bonds is 6. The van der Waals surface area contributed by atoms with Crippen LogP contribution in [0.25, 0.3) is 0 Å². The van der Waals surface area contributed by atoms with Crippen molar-refractivity contribution in [1.82, 2.24) is 15.1 Å². The largest absolute Gasteiger partial charge is 0.465 e. The van der Waals surface area contributed by atoms with E-state index in [-0.39, 0.29) is 11.9 Å². The molecule has 1 atom stereocenters. The van der Waals surface area contributed by atoms with Crippen LogP contribution in [0.4, 0.5) is 0 Å². The van der Waals surface area contributed by atoms with Crippen molar-refractivity contribution in [3.8, 4) is 0 Å². The molecule has 0 aliphatic carbocycles. The second-order valence-electron chi connectivity index (χ2n) is 6.29. The van der Waals surface area contributed by atoms with Gasteiger partial charge in [-0.1, -0.05) is 0 Å². The molecule has 0 radical (unpaired) electrons. The molecule has 2 aliphatic heterocycles. The predicted molar refractivity (Wildman–Crippen MR) is 79.7 cm³/mol. The molecule has 1 unspecified atom stereocenters.